The summed E-state index contributed by atoms with van der Waals surface area (Å²) >= 11 is 0. The van der Waals surface area contributed by atoms with Crippen molar-refractivity contribution >= 4 is 21.6 Å². The molecule has 0 saturated heterocycles. The van der Waals surface area contributed by atoms with Crippen molar-refractivity contribution < 1.29 is 17.9 Å². The number of hydrogen-bond acceptors (Lipinski definition) is 4. The Morgan fingerprint density at radius 2 is 1.63 bits per heavy atom. The zero-order chi connectivity index (χ0) is 25.4. The third kappa shape index (κ3) is 7.09. The Kier molecular flexibility index (Phi) is 8.93. The normalized spacial score (nSPS) is 11.3. The molecule has 3 aromatic rings. The number of carbonyl (C=O) groups is 1. The molecule has 6 nitrogen and oxygen atoms in total. The summed E-state index contributed by atoms with van der Waals surface area (Å²) in [5, 5.41) is 2.88. The topological polar surface area (TPSA) is 75.7 Å². The predicted octanol–water partition coefficient (Wildman–Crippen LogP) is 5.03. The molecule has 1 N–H and O–H groups in total. The van der Waals surface area contributed by atoms with Crippen LogP contribution in [0, 0.1) is 13.8 Å². The highest BCUT2D eigenvalue weighted by molar-refractivity contribution is 7.92. The summed E-state index contributed by atoms with van der Waals surface area (Å²) in [5.41, 5.74) is 3.44. The third-order valence-electron chi connectivity index (χ3n) is 5.72. The summed E-state index contributed by atoms with van der Waals surface area (Å²) in [5.74, 6) is 0.495. The zero-order valence-corrected chi connectivity index (χ0v) is 21.6. The zero-order valence-electron chi connectivity index (χ0n) is 20.8. The summed E-state index contributed by atoms with van der Waals surface area (Å²) in [6.45, 7) is 7.94. The van der Waals surface area contributed by atoms with Gasteiger partial charge in [0.1, 0.15) is 12.3 Å². The molecule has 0 aliphatic carbocycles. The van der Waals surface area contributed by atoms with Gasteiger partial charge in [0.25, 0.3) is 10.0 Å². The highest BCUT2D eigenvalue weighted by Crippen LogP contribution is 2.28. The monoisotopic (exact) mass is 494 g/mol. The molecule has 3 rings (SSSR count). The number of aryl methyl sites for hydroxylation is 2. The second kappa shape index (κ2) is 11.9. The van der Waals surface area contributed by atoms with Gasteiger partial charge in [0.2, 0.25) is 5.91 Å². The molecule has 0 unspecified atom stereocenters. The van der Waals surface area contributed by atoms with E-state index in [-0.39, 0.29) is 23.5 Å². The second-order valence-corrected chi connectivity index (χ2v) is 10.7. The van der Waals surface area contributed by atoms with Crippen LogP contribution in [0.3, 0.4) is 0 Å². The Labute approximate surface area is 209 Å². The summed E-state index contributed by atoms with van der Waals surface area (Å²) in [7, 11) is -3.91. The number of nitrogens with one attached hydrogen (secondary N) is 1. The smallest absolute Gasteiger partial charge is 0.264 e. The van der Waals surface area contributed by atoms with Gasteiger partial charge in [-0.25, -0.2) is 8.42 Å². The van der Waals surface area contributed by atoms with Crippen LogP contribution in [0.2, 0.25) is 0 Å². The van der Waals surface area contributed by atoms with Crippen LogP contribution >= 0.6 is 0 Å². The van der Waals surface area contributed by atoms with E-state index < -0.39 is 10.0 Å². The van der Waals surface area contributed by atoms with E-state index in [1.165, 1.54) is 4.31 Å². The van der Waals surface area contributed by atoms with Crippen LogP contribution < -0.4 is 14.4 Å². The van der Waals surface area contributed by atoms with Crippen molar-refractivity contribution in [2.45, 2.75) is 51.5 Å². The summed E-state index contributed by atoms with van der Waals surface area (Å²) in [6, 6.07) is 21.6. The number of anilines is 1. The number of rotatable bonds is 11. The molecule has 0 aliphatic rings. The van der Waals surface area contributed by atoms with Crippen molar-refractivity contribution in [3.05, 3.63) is 89.5 Å². The number of amides is 1. The van der Waals surface area contributed by atoms with Gasteiger partial charge in [0.05, 0.1) is 16.7 Å². The minimum Gasteiger partial charge on any atom is -0.491 e. The van der Waals surface area contributed by atoms with Crippen LogP contribution in [-0.2, 0) is 21.2 Å². The van der Waals surface area contributed by atoms with E-state index in [1.54, 1.807) is 42.5 Å². The molecule has 0 heterocycles. The van der Waals surface area contributed by atoms with Gasteiger partial charge in [-0.2, -0.15) is 0 Å². The van der Waals surface area contributed by atoms with E-state index in [1.807, 2.05) is 58.0 Å². The van der Waals surface area contributed by atoms with Gasteiger partial charge < -0.3 is 10.1 Å². The summed E-state index contributed by atoms with van der Waals surface area (Å²) in [4.78, 5) is 13.0. The molecule has 0 saturated carbocycles. The molecule has 0 radical (unpaired) electrons. The third-order valence-corrected chi connectivity index (χ3v) is 7.50. The van der Waals surface area contributed by atoms with Crippen LogP contribution in [0.15, 0.2) is 77.7 Å². The number of sulfonamides is 1. The molecular weight excluding hydrogens is 460 g/mol. The lowest BCUT2D eigenvalue weighted by molar-refractivity contribution is -0.119. The lowest BCUT2D eigenvalue weighted by atomic mass is 10.1. The fraction of sp³-hybridized carbons (Fsp3) is 0.321. The lowest BCUT2D eigenvalue weighted by Gasteiger charge is -2.26. The van der Waals surface area contributed by atoms with Crippen molar-refractivity contribution in [2.75, 3.05) is 17.4 Å². The SMILES string of the molecule is Cc1cccc(N(CC(=O)NCCCc2ccc(OC(C)C)cc2)S(=O)(=O)c2ccccc2)c1C. The molecule has 0 aliphatic heterocycles. The van der Waals surface area contributed by atoms with E-state index in [9.17, 15) is 13.2 Å². The number of ether oxygens (including phenoxy) is 1. The molecule has 0 fully saturated rings. The minimum absolute atomic E-state index is 0.130. The van der Waals surface area contributed by atoms with Gasteiger partial charge in [0.15, 0.2) is 0 Å². The second-order valence-electron chi connectivity index (χ2n) is 8.81. The van der Waals surface area contributed by atoms with Crippen molar-refractivity contribution in [2.24, 2.45) is 0 Å². The minimum atomic E-state index is -3.91. The number of nitrogens with zero attached hydrogens (tertiary/aromatic N) is 1. The van der Waals surface area contributed by atoms with Gasteiger partial charge >= 0.3 is 0 Å². The van der Waals surface area contributed by atoms with Gasteiger partial charge in [-0.15, -0.1) is 0 Å². The molecule has 186 valence electrons. The highest BCUT2D eigenvalue weighted by atomic mass is 32.2. The Balaban J connectivity index is 1.65. The summed E-state index contributed by atoms with van der Waals surface area (Å²) in [6.07, 6.45) is 1.67. The van der Waals surface area contributed by atoms with Crippen molar-refractivity contribution in [3.8, 4) is 5.75 Å². The Morgan fingerprint density at radius 1 is 0.943 bits per heavy atom. The van der Waals surface area contributed by atoms with E-state index in [2.05, 4.69) is 5.32 Å². The average Bonchev–Trinajstić information content (AvgIpc) is 2.83. The van der Waals surface area contributed by atoms with Gasteiger partial charge in [-0.3, -0.25) is 9.10 Å². The average molecular weight is 495 g/mol. The van der Waals surface area contributed by atoms with Gasteiger partial charge in [0, 0.05) is 6.54 Å². The number of benzene rings is 3. The first-order chi connectivity index (χ1) is 16.7. The van der Waals surface area contributed by atoms with Crippen LogP contribution in [0.5, 0.6) is 5.75 Å². The van der Waals surface area contributed by atoms with Crippen LogP contribution in [-0.4, -0.2) is 33.5 Å². The molecule has 0 spiro atoms. The van der Waals surface area contributed by atoms with E-state index in [4.69, 9.17) is 4.74 Å². The molecular formula is C28H34N2O4S. The maximum atomic E-state index is 13.5. The van der Waals surface area contributed by atoms with Crippen LogP contribution in [0.1, 0.15) is 37.0 Å². The molecule has 0 aromatic heterocycles. The van der Waals surface area contributed by atoms with Crippen LogP contribution in [0.4, 0.5) is 5.69 Å². The van der Waals surface area contributed by atoms with Crippen molar-refractivity contribution in [1.29, 1.82) is 0 Å². The maximum absolute atomic E-state index is 13.5. The quantitative estimate of drug-likeness (QED) is 0.379. The maximum Gasteiger partial charge on any atom is 0.264 e. The fourth-order valence-electron chi connectivity index (χ4n) is 3.74. The Morgan fingerprint density at radius 3 is 2.29 bits per heavy atom. The van der Waals surface area contributed by atoms with E-state index in [0.29, 0.717) is 12.2 Å². The predicted molar refractivity (Wildman–Crippen MR) is 140 cm³/mol. The van der Waals surface area contributed by atoms with Crippen molar-refractivity contribution in [3.63, 3.8) is 0 Å². The fourth-order valence-corrected chi connectivity index (χ4v) is 5.24. The van der Waals surface area contributed by atoms with E-state index in [0.717, 1.165) is 35.3 Å². The van der Waals surface area contributed by atoms with Crippen LogP contribution in [0.25, 0.3) is 0 Å². The molecule has 1 amide bonds. The number of carbonyl (C=O) groups excluding carboxylic acids is 1. The van der Waals surface area contributed by atoms with E-state index >= 15 is 0 Å². The Bertz CT molecular complexity index is 1220. The first-order valence-electron chi connectivity index (χ1n) is 11.8. The molecule has 0 atom stereocenters. The van der Waals surface area contributed by atoms with Gasteiger partial charge in [-0.1, -0.05) is 42.5 Å². The highest BCUT2D eigenvalue weighted by Gasteiger charge is 2.28. The molecule has 0 bridgehead atoms. The summed E-state index contributed by atoms with van der Waals surface area (Å²) < 4.78 is 33.8. The standard InChI is InChI=1S/C28H34N2O4S/c1-21(2)34-25-17-15-24(16-18-25)11-9-19-29-28(31)20-30(27-14-8-10-22(3)23(27)4)35(32,33)26-12-6-5-7-13-26/h5-8,10,12-18,21H,9,11,19-20H2,1-4H3,(H,29,31). The first kappa shape index (κ1) is 26.3. The van der Waals surface area contributed by atoms with Crippen molar-refractivity contribution in [1.82, 2.24) is 5.32 Å². The number of hydrogen-bond donors (Lipinski definition) is 1. The van der Waals surface area contributed by atoms with Gasteiger partial charge in [-0.05, 0) is 87.6 Å². The molecule has 7 heteroatoms. The molecule has 35 heavy (non-hydrogen) atoms. The molecule has 3 aromatic carbocycles. The Hall–Kier alpha value is -3.32. The first-order valence-corrected chi connectivity index (χ1v) is 13.3. The largest absolute Gasteiger partial charge is 0.491 e. The lowest BCUT2D eigenvalue weighted by Crippen LogP contribution is -2.41.